The number of aromatic nitrogens is 2. The highest BCUT2D eigenvalue weighted by Gasteiger charge is 2.21. The van der Waals surface area contributed by atoms with Crippen LogP contribution in [0.1, 0.15) is 16.8 Å². The van der Waals surface area contributed by atoms with Crippen molar-refractivity contribution in [1.29, 1.82) is 0 Å². The van der Waals surface area contributed by atoms with Gasteiger partial charge < -0.3 is 4.40 Å². The van der Waals surface area contributed by atoms with Gasteiger partial charge in [0.15, 0.2) is 0 Å². The standard InChI is InChI=1S/C23H21N3O2S/c1-19-10-12-20(13-11-19)14-16-29(27,28)26(21-7-3-2-4-8-21)18-22-17-24-23-9-5-6-15-25(22)23/h2-17H,18H2,1H3/b16-14+. The fraction of sp³-hybridized carbons (Fsp3) is 0.0870. The zero-order chi connectivity index (χ0) is 20.3. The maximum atomic E-state index is 13.2. The predicted molar refractivity (Wildman–Crippen MR) is 117 cm³/mol. The van der Waals surface area contributed by atoms with Gasteiger partial charge in [0.1, 0.15) is 5.65 Å². The van der Waals surface area contributed by atoms with Crippen LogP contribution in [0.2, 0.25) is 0 Å². The topological polar surface area (TPSA) is 54.7 Å². The molecule has 146 valence electrons. The number of benzene rings is 2. The smallest absolute Gasteiger partial charge is 0.257 e. The van der Waals surface area contributed by atoms with Crippen LogP contribution in [0.15, 0.2) is 90.6 Å². The molecule has 0 aliphatic heterocycles. The second kappa shape index (κ2) is 7.93. The molecule has 0 radical (unpaired) electrons. The molecule has 0 amide bonds. The Kier molecular flexibility index (Phi) is 5.18. The third kappa shape index (κ3) is 4.22. The first kappa shape index (κ1) is 19.0. The maximum absolute atomic E-state index is 13.2. The second-order valence-corrected chi connectivity index (χ2v) is 8.52. The third-order valence-corrected chi connectivity index (χ3v) is 6.09. The first-order valence-corrected chi connectivity index (χ1v) is 10.8. The van der Waals surface area contributed by atoms with Crippen molar-refractivity contribution in [3.05, 3.63) is 107 Å². The molecule has 5 nitrogen and oxygen atoms in total. The van der Waals surface area contributed by atoms with E-state index in [4.69, 9.17) is 0 Å². The Morgan fingerprint density at radius 1 is 0.966 bits per heavy atom. The highest BCUT2D eigenvalue weighted by Crippen LogP contribution is 2.23. The van der Waals surface area contributed by atoms with Crippen molar-refractivity contribution in [3.63, 3.8) is 0 Å². The van der Waals surface area contributed by atoms with Gasteiger partial charge in [-0.3, -0.25) is 4.31 Å². The lowest BCUT2D eigenvalue weighted by Crippen LogP contribution is -2.29. The van der Waals surface area contributed by atoms with Crippen LogP contribution in [0, 0.1) is 6.92 Å². The van der Waals surface area contributed by atoms with Gasteiger partial charge in [-0.05, 0) is 42.8 Å². The van der Waals surface area contributed by atoms with Crippen molar-refractivity contribution in [1.82, 2.24) is 9.38 Å². The van der Waals surface area contributed by atoms with Crippen molar-refractivity contribution in [2.45, 2.75) is 13.5 Å². The number of anilines is 1. The van der Waals surface area contributed by atoms with Gasteiger partial charge in [0, 0.05) is 6.20 Å². The summed E-state index contributed by atoms with van der Waals surface area (Å²) in [7, 11) is -3.72. The number of para-hydroxylation sites is 1. The number of fused-ring (bicyclic) bond motifs is 1. The Labute approximate surface area is 170 Å². The average molecular weight is 404 g/mol. The molecule has 6 heteroatoms. The molecule has 0 spiro atoms. The Hall–Kier alpha value is -3.38. The van der Waals surface area contributed by atoms with Crippen molar-refractivity contribution < 1.29 is 8.42 Å². The number of hydrogen-bond acceptors (Lipinski definition) is 3. The Morgan fingerprint density at radius 3 is 2.45 bits per heavy atom. The number of pyridine rings is 1. The van der Waals surface area contributed by atoms with Crippen LogP contribution in [-0.4, -0.2) is 17.8 Å². The molecule has 0 aliphatic carbocycles. The van der Waals surface area contributed by atoms with E-state index in [2.05, 4.69) is 4.98 Å². The van der Waals surface area contributed by atoms with Crippen LogP contribution >= 0.6 is 0 Å². The van der Waals surface area contributed by atoms with Crippen molar-refractivity contribution in [3.8, 4) is 0 Å². The fourth-order valence-corrected chi connectivity index (χ4v) is 4.29. The monoisotopic (exact) mass is 403 g/mol. The molecule has 0 N–H and O–H groups in total. The SMILES string of the molecule is Cc1ccc(/C=C/S(=O)(=O)N(Cc2cnc3ccccn23)c2ccccc2)cc1. The first-order valence-electron chi connectivity index (χ1n) is 9.26. The molecule has 2 heterocycles. The van der Waals surface area contributed by atoms with E-state index < -0.39 is 10.0 Å². The molecule has 2 aromatic carbocycles. The summed E-state index contributed by atoms with van der Waals surface area (Å²) in [4.78, 5) is 4.37. The lowest BCUT2D eigenvalue weighted by Gasteiger charge is -2.22. The summed E-state index contributed by atoms with van der Waals surface area (Å²) >= 11 is 0. The van der Waals surface area contributed by atoms with E-state index >= 15 is 0 Å². The molecule has 29 heavy (non-hydrogen) atoms. The minimum atomic E-state index is -3.72. The third-order valence-electron chi connectivity index (χ3n) is 4.66. The molecular weight excluding hydrogens is 382 g/mol. The highest BCUT2D eigenvalue weighted by molar-refractivity contribution is 7.95. The number of nitrogens with zero attached hydrogens (tertiary/aromatic N) is 3. The summed E-state index contributed by atoms with van der Waals surface area (Å²) < 4.78 is 29.8. The van der Waals surface area contributed by atoms with E-state index in [-0.39, 0.29) is 6.54 Å². The summed E-state index contributed by atoms with van der Waals surface area (Å²) in [5, 5.41) is 1.26. The second-order valence-electron chi connectivity index (χ2n) is 6.78. The molecule has 0 fully saturated rings. The van der Waals surface area contributed by atoms with Crippen LogP contribution in [0.3, 0.4) is 0 Å². The molecule has 4 rings (SSSR count). The van der Waals surface area contributed by atoms with Crippen LogP contribution in [-0.2, 0) is 16.6 Å². The van der Waals surface area contributed by atoms with E-state index in [9.17, 15) is 8.42 Å². The summed E-state index contributed by atoms with van der Waals surface area (Å²) in [6.07, 6.45) is 5.22. The quantitative estimate of drug-likeness (QED) is 0.471. The highest BCUT2D eigenvalue weighted by atomic mass is 32.2. The van der Waals surface area contributed by atoms with Crippen LogP contribution in [0.5, 0.6) is 0 Å². The lowest BCUT2D eigenvalue weighted by atomic mass is 10.2. The molecule has 4 aromatic rings. The van der Waals surface area contributed by atoms with Gasteiger partial charge in [-0.2, -0.15) is 0 Å². The molecule has 0 unspecified atom stereocenters. The van der Waals surface area contributed by atoms with Crippen LogP contribution in [0.4, 0.5) is 5.69 Å². The molecule has 0 bridgehead atoms. The van der Waals surface area contributed by atoms with Gasteiger partial charge in [0.25, 0.3) is 10.0 Å². The molecule has 0 aliphatic rings. The van der Waals surface area contributed by atoms with Gasteiger partial charge >= 0.3 is 0 Å². The average Bonchev–Trinajstić information content (AvgIpc) is 3.15. The minimum Gasteiger partial charge on any atom is -0.302 e. The van der Waals surface area contributed by atoms with E-state index in [0.717, 1.165) is 22.5 Å². The van der Waals surface area contributed by atoms with E-state index in [1.54, 1.807) is 24.4 Å². The van der Waals surface area contributed by atoms with Gasteiger partial charge in [-0.15, -0.1) is 0 Å². The Morgan fingerprint density at radius 2 is 1.69 bits per heavy atom. The van der Waals surface area contributed by atoms with Gasteiger partial charge in [0.2, 0.25) is 0 Å². The molecule has 0 atom stereocenters. The minimum absolute atomic E-state index is 0.176. The predicted octanol–water partition coefficient (Wildman–Crippen LogP) is 4.65. The van der Waals surface area contributed by atoms with Crippen molar-refractivity contribution in [2.24, 2.45) is 0 Å². The fourth-order valence-electron chi connectivity index (χ4n) is 3.09. The number of imidazole rings is 1. The number of hydrogen-bond donors (Lipinski definition) is 0. The van der Waals surface area contributed by atoms with E-state index in [1.165, 1.54) is 9.71 Å². The molecule has 0 saturated heterocycles. The molecule has 2 aromatic heterocycles. The number of rotatable bonds is 6. The first-order chi connectivity index (χ1) is 14.0. The summed E-state index contributed by atoms with van der Waals surface area (Å²) in [6.45, 7) is 2.17. The molecular formula is C23H21N3O2S. The van der Waals surface area contributed by atoms with Gasteiger partial charge in [0.05, 0.1) is 29.5 Å². The summed E-state index contributed by atoms with van der Waals surface area (Å²) in [5.74, 6) is 0. The van der Waals surface area contributed by atoms with E-state index in [0.29, 0.717) is 5.69 Å². The lowest BCUT2D eigenvalue weighted by molar-refractivity contribution is 0.598. The van der Waals surface area contributed by atoms with Crippen LogP contribution in [0.25, 0.3) is 11.7 Å². The van der Waals surface area contributed by atoms with Crippen molar-refractivity contribution >= 4 is 27.4 Å². The number of aryl methyl sites for hydroxylation is 1. The molecule has 0 saturated carbocycles. The normalized spacial score (nSPS) is 11.9. The Balaban J connectivity index is 1.71. The van der Waals surface area contributed by atoms with Crippen LogP contribution < -0.4 is 4.31 Å². The van der Waals surface area contributed by atoms with Gasteiger partial charge in [-0.1, -0.05) is 54.1 Å². The van der Waals surface area contributed by atoms with Crippen molar-refractivity contribution in [2.75, 3.05) is 4.31 Å². The summed E-state index contributed by atoms with van der Waals surface area (Å²) in [6, 6.07) is 22.5. The number of sulfonamides is 1. The maximum Gasteiger partial charge on any atom is 0.257 e. The van der Waals surface area contributed by atoms with Gasteiger partial charge in [-0.25, -0.2) is 13.4 Å². The Bertz CT molecular complexity index is 1240. The zero-order valence-electron chi connectivity index (χ0n) is 16.0. The summed E-state index contributed by atoms with van der Waals surface area (Å²) in [5.41, 5.74) is 4.14. The van der Waals surface area contributed by atoms with E-state index in [1.807, 2.05) is 78.2 Å². The largest absolute Gasteiger partial charge is 0.302 e. The zero-order valence-corrected chi connectivity index (χ0v) is 16.8.